The third-order valence-electron chi connectivity index (χ3n) is 11.7. The van der Waals surface area contributed by atoms with Crippen LogP contribution in [0.2, 0.25) is 0 Å². The molecule has 1 amide bonds. The summed E-state index contributed by atoms with van der Waals surface area (Å²) in [5, 5.41) is 36.2. The molecule has 0 radical (unpaired) electrons. The average Bonchev–Trinajstić information content (AvgIpc) is 3.97. The van der Waals surface area contributed by atoms with Crippen LogP contribution in [0.4, 0.5) is 11.4 Å². The summed E-state index contributed by atoms with van der Waals surface area (Å²) in [4.78, 5) is 42.9. The minimum Gasteiger partial charge on any atom is -0.508 e. The van der Waals surface area contributed by atoms with Crippen LogP contribution in [0, 0.1) is 0 Å². The van der Waals surface area contributed by atoms with Gasteiger partial charge in [-0.05, 0) is 66.1 Å². The first kappa shape index (κ1) is 39.7. The summed E-state index contributed by atoms with van der Waals surface area (Å²) in [6.07, 6.45) is 7.82. The van der Waals surface area contributed by atoms with E-state index in [0.29, 0.717) is 25.2 Å². The van der Waals surface area contributed by atoms with E-state index in [1.807, 2.05) is 107 Å². The summed E-state index contributed by atoms with van der Waals surface area (Å²) >= 11 is 3.69. The summed E-state index contributed by atoms with van der Waals surface area (Å²) in [5.74, 6) is -1.54. The van der Waals surface area contributed by atoms with Gasteiger partial charge in [-0.2, -0.15) is 5.10 Å². The van der Waals surface area contributed by atoms with Crippen LogP contribution in [0.15, 0.2) is 177 Å². The number of phenolic OH excluding ortho intramolecular Hbond substituents is 2. The highest BCUT2D eigenvalue weighted by atomic mass is 79.9. The Kier molecular flexibility index (Phi) is 9.96. The second-order valence-electron chi connectivity index (χ2n) is 15.5. The number of phenols is 2. The monoisotopic (exact) mass is 900 g/mol. The third kappa shape index (κ3) is 6.84. The lowest BCUT2D eigenvalue weighted by molar-refractivity contribution is -0.123. The number of amides is 1. The Labute approximate surface area is 368 Å². The number of fused-ring (bicyclic) bond motifs is 3. The van der Waals surface area contributed by atoms with Crippen molar-refractivity contribution in [1.29, 1.82) is 0 Å². The number of anilines is 2. The van der Waals surface area contributed by atoms with Crippen LogP contribution in [0.1, 0.15) is 40.5 Å². The molecule has 10 rings (SSSR count). The van der Waals surface area contributed by atoms with Gasteiger partial charge in [0.15, 0.2) is 22.4 Å². The van der Waals surface area contributed by atoms with Gasteiger partial charge in [0.25, 0.3) is 5.91 Å². The van der Waals surface area contributed by atoms with Gasteiger partial charge in [-0.3, -0.25) is 19.1 Å². The molecule has 2 N–H and O–H groups in total. The first-order valence-corrected chi connectivity index (χ1v) is 21.1. The first-order chi connectivity index (χ1) is 30.6. The zero-order valence-electron chi connectivity index (χ0n) is 33.4. The molecule has 0 bridgehead atoms. The minimum atomic E-state index is -1.49. The number of para-hydroxylation sites is 1. The Morgan fingerprint density at radius 1 is 0.810 bits per heavy atom. The molecule has 14 heteroatoms. The topological polar surface area (TPSA) is 164 Å². The molecule has 2 aromatic heterocycles. The molecule has 2 atom stereocenters. The molecule has 1 aliphatic carbocycles. The van der Waals surface area contributed by atoms with E-state index in [1.54, 1.807) is 10.9 Å². The summed E-state index contributed by atoms with van der Waals surface area (Å²) in [6, 6.07) is 39.4. The number of halogens is 1. The van der Waals surface area contributed by atoms with Crippen molar-refractivity contribution in [2.24, 2.45) is 5.10 Å². The Hall–Kier alpha value is -7.42. The number of nitrogens with zero attached hydrogens (tertiary/aromatic N) is 6. The first-order valence-electron chi connectivity index (χ1n) is 20.3. The highest BCUT2D eigenvalue weighted by Gasteiger charge is 2.64. The molecule has 3 aliphatic rings. The van der Waals surface area contributed by atoms with Crippen LogP contribution in [0.5, 0.6) is 11.5 Å². The largest absolute Gasteiger partial charge is 0.508 e. The molecule has 312 valence electrons. The van der Waals surface area contributed by atoms with Gasteiger partial charge >= 0.3 is 0 Å². The number of ether oxygens (including phenoxy) is 1. The number of aromatic hydroxyl groups is 2. The van der Waals surface area contributed by atoms with Crippen molar-refractivity contribution in [2.75, 3.05) is 16.5 Å². The Bertz CT molecular complexity index is 3060. The van der Waals surface area contributed by atoms with Crippen molar-refractivity contribution in [2.45, 2.75) is 36.6 Å². The van der Waals surface area contributed by atoms with E-state index in [0.717, 1.165) is 44.3 Å². The minimum absolute atomic E-state index is 0.0289. The van der Waals surface area contributed by atoms with E-state index < -0.39 is 28.2 Å². The van der Waals surface area contributed by atoms with E-state index in [2.05, 4.69) is 38.4 Å². The summed E-state index contributed by atoms with van der Waals surface area (Å²) in [7, 11) is 0. The highest BCUT2D eigenvalue weighted by Crippen LogP contribution is 2.58. The number of hydrogen-bond donors (Lipinski definition) is 2. The van der Waals surface area contributed by atoms with Crippen LogP contribution in [0.25, 0.3) is 11.0 Å². The number of benzene rings is 5. The molecule has 1 spiro atoms. The number of carbonyl (C=O) groups is 2. The van der Waals surface area contributed by atoms with Crippen LogP contribution in [0.3, 0.4) is 0 Å². The molecule has 0 fully saturated rings. The molecule has 13 nitrogen and oxygen atoms in total. The fourth-order valence-corrected chi connectivity index (χ4v) is 9.21. The summed E-state index contributed by atoms with van der Waals surface area (Å²) < 4.78 is 14.8. The van der Waals surface area contributed by atoms with Gasteiger partial charge in [-0.15, -0.1) is 5.10 Å². The van der Waals surface area contributed by atoms with Crippen molar-refractivity contribution >= 4 is 55.7 Å². The van der Waals surface area contributed by atoms with Crippen molar-refractivity contribution in [3.05, 3.63) is 201 Å². The lowest BCUT2D eigenvalue weighted by Crippen LogP contribution is -2.53. The second kappa shape index (κ2) is 15.8. The Morgan fingerprint density at radius 2 is 1.52 bits per heavy atom. The van der Waals surface area contributed by atoms with Crippen LogP contribution in [-0.2, 0) is 38.6 Å². The number of aromatic nitrogens is 3. The zero-order chi connectivity index (χ0) is 43.3. The summed E-state index contributed by atoms with van der Waals surface area (Å²) in [6.45, 7) is 0.680. The van der Waals surface area contributed by atoms with E-state index in [-0.39, 0.29) is 40.8 Å². The normalized spacial score (nSPS) is 18.7. The van der Waals surface area contributed by atoms with Gasteiger partial charge in [0.05, 0.1) is 35.8 Å². The van der Waals surface area contributed by atoms with E-state index >= 15 is 4.79 Å². The van der Waals surface area contributed by atoms with Crippen molar-refractivity contribution in [1.82, 2.24) is 15.0 Å². The number of rotatable bonds is 11. The lowest BCUT2D eigenvalue weighted by atomic mass is 9.72. The molecule has 0 saturated carbocycles. The quantitative estimate of drug-likeness (QED) is 0.130. The van der Waals surface area contributed by atoms with Crippen LogP contribution in [-0.4, -0.2) is 49.2 Å². The molecule has 2 aliphatic heterocycles. The highest BCUT2D eigenvalue weighted by molar-refractivity contribution is 9.10. The maximum absolute atomic E-state index is 15.7. The average molecular weight is 902 g/mol. The van der Waals surface area contributed by atoms with Crippen molar-refractivity contribution in [3.8, 4) is 11.5 Å². The van der Waals surface area contributed by atoms with Gasteiger partial charge in [-0.25, -0.2) is 5.01 Å². The molecule has 0 saturated heterocycles. The van der Waals surface area contributed by atoms with E-state index in [4.69, 9.17) is 14.3 Å². The fraction of sp³-hybridized carbons (Fsp3) is 0.143. The standard InChI is InChI=1S/C49H37BrN6O7/c50-33-17-18-38-39(25-33)55(47(61)49(38)45(31-11-4-1-5-12-31)46(32-13-6-2-7-14-32)52-56(49)35-15-8-3-9-16-35)24-10-23-54-29-34(51-53-54)30-62-48(21-19-36(57)20-22-48)43-28-41(60)44-40(59)26-37(58)27-42(44)63-43/h1-9,11-22,25-29,45,58-59H,10,23-24,30H2. The van der Waals surface area contributed by atoms with E-state index in [9.17, 15) is 19.8 Å². The molecule has 7 aromatic rings. The molecule has 63 heavy (non-hydrogen) atoms. The molecular formula is C49H37BrN6O7. The maximum atomic E-state index is 15.7. The number of hydrogen-bond acceptors (Lipinski definition) is 11. The molecule has 2 unspecified atom stereocenters. The smallest absolute Gasteiger partial charge is 0.260 e. The Morgan fingerprint density at radius 3 is 2.27 bits per heavy atom. The third-order valence-corrected chi connectivity index (χ3v) is 12.1. The second-order valence-corrected chi connectivity index (χ2v) is 16.4. The number of allylic oxidation sites excluding steroid dienone is 2. The predicted molar refractivity (Wildman–Crippen MR) is 239 cm³/mol. The van der Waals surface area contributed by atoms with Crippen molar-refractivity contribution in [3.63, 3.8) is 0 Å². The maximum Gasteiger partial charge on any atom is 0.260 e. The fourth-order valence-electron chi connectivity index (χ4n) is 8.86. The molecule has 4 heterocycles. The number of carbonyl (C=O) groups excluding carboxylic acids is 2. The van der Waals surface area contributed by atoms with Gasteiger partial charge in [0.1, 0.15) is 33.9 Å². The lowest BCUT2D eigenvalue weighted by Gasteiger charge is -2.38. The van der Waals surface area contributed by atoms with Gasteiger partial charge in [0.2, 0.25) is 0 Å². The predicted octanol–water partition coefficient (Wildman–Crippen LogP) is 8.01. The number of aryl methyl sites for hydroxylation is 1. The Balaban J connectivity index is 0.932. The SMILES string of the molecule is O=C1C=CC(OCc2cn(CCCN3C(=O)C4(c5ccc(Br)cc53)C(c3ccccc3)C(c3ccccc3)=NN4c3ccccc3)nn2)(c2cc(=O)c3c(O)cc(O)cc3o2)C=C1. The zero-order valence-corrected chi connectivity index (χ0v) is 35.0. The molecule has 5 aromatic carbocycles. The van der Waals surface area contributed by atoms with E-state index in [1.165, 1.54) is 36.4 Å². The van der Waals surface area contributed by atoms with Crippen LogP contribution >= 0.6 is 15.9 Å². The van der Waals surface area contributed by atoms with Crippen LogP contribution < -0.4 is 15.3 Å². The van der Waals surface area contributed by atoms with Gasteiger partial charge < -0.3 is 24.3 Å². The molecular weight excluding hydrogens is 864 g/mol. The summed E-state index contributed by atoms with van der Waals surface area (Å²) in [5.41, 5.74) is 2.21. The van der Waals surface area contributed by atoms with Crippen molar-refractivity contribution < 1.29 is 29.0 Å². The van der Waals surface area contributed by atoms with Gasteiger partial charge in [-0.1, -0.05) is 106 Å². The number of hydrazone groups is 1. The van der Waals surface area contributed by atoms with Gasteiger partial charge in [0, 0.05) is 41.3 Å². The number of ketones is 1.